The average Bonchev–Trinajstić information content (AvgIpc) is 3.19. The molecular formula is C15H17FN6O2. The molecule has 1 saturated heterocycles. The van der Waals surface area contributed by atoms with Gasteiger partial charge in [0.25, 0.3) is 0 Å². The Bertz CT molecular complexity index is 721. The Kier molecular flexibility index (Phi) is 4.69. The second-order valence-electron chi connectivity index (χ2n) is 5.32. The molecule has 0 aliphatic carbocycles. The summed E-state index contributed by atoms with van der Waals surface area (Å²) >= 11 is 0. The van der Waals surface area contributed by atoms with Crippen LogP contribution in [0.4, 0.5) is 14.9 Å². The van der Waals surface area contributed by atoms with E-state index in [-0.39, 0.29) is 24.2 Å². The molecule has 3 rings (SSSR count). The van der Waals surface area contributed by atoms with Gasteiger partial charge in [0.15, 0.2) is 0 Å². The van der Waals surface area contributed by atoms with E-state index in [9.17, 15) is 14.0 Å². The number of para-hydroxylation sites is 1. The lowest BCUT2D eigenvalue weighted by atomic mass is 10.3. The Hall–Kier alpha value is -2.97. The first-order valence-electron chi connectivity index (χ1n) is 7.55. The van der Waals surface area contributed by atoms with Crippen LogP contribution < -0.4 is 10.2 Å². The zero-order valence-corrected chi connectivity index (χ0v) is 12.9. The fourth-order valence-electron chi connectivity index (χ4n) is 2.51. The molecule has 0 spiro atoms. The van der Waals surface area contributed by atoms with Crippen LogP contribution in [0, 0.1) is 5.82 Å². The van der Waals surface area contributed by atoms with Gasteiger partial charge in [0.2, 0.25) is 5.91 Å². The van der Waals surface area contributed by atoms with E-state index in [0.29, 0.717) is 26.2 Å². The first kappa shape index (κ1) is 15.9. The van der Waals surface area contributed by atoms with Crippen LogP contribution in [0.15, 0.2) is 36.9 Å². The molecule has 1 aliphatic rings. The highest BCUT2D eigenvalue weighted by Gasteiger charge is 2.31. The zero-order valence-electron chi connectivity index (χ0n) is 12.9. The molecular weight excluding hydrogens is 315 g/mol. The minimum absolute atomic E-state index is 0.0544. The number of hydrogen-bond acceptors (Lipinski definition) is 4. The van der Waals surface area contributed by atoms with Crippen molar-refractivity contribution in [3.63, 3.8) is 0 Å². The van der Waals surface area contributed by atoms with Crippen LogP contribution in [0.2, 0.25) is 0 Å². The molecule has 8 nitrogen and oxygen atoms in total. The lowest BCUT2D eigenvalue weighted by molar-refractivity contribution is -0.121. The maximum Gasteiger partial charge on any atom is 0.325 e. The van der Waals surface area contributed by atoms with E-state index in [4.69, 9.17) is 0 Å². The highest BCUT2D eigenvalue weighted by molar-refractivity contribution is 5.96. The second kappa shape index (κ2) is 7.07. The van der Waals surface area contributed by atoms with Crippen LogP contribution in [0.1, 0.15) is 0 Å². The second-order valence-corrected chi connectivity index (χ2v) is 5.32. The first-order chi connectivity index (χ1) is 11.6. The monoisotopic (exact) mass is 332 g/mol. The van der Waals surface area contributed by atoms with Crippen LogP contribution in [-0.4, -0.2) is 57.8 Å². The van der Waals surface area contributed by atoms with Crippen LogP contribution in [0.25, 0.3) is 0 Å². The summed E-state index contributed by atoms with van der Waals surface area (Å²) < 4.78 is 15.4. The molecule has 24 heavy (non-hydrogen) atoms. The van der Waals surface area contributed by atoms with Gasteiger partial charge in [0.05, 0.1) is 12.2 Å². The number of carbonyl (C=O) groups is 2. The molecule has 0 saturated carbocycles. The Morgan fingerprint density at radius 1 is 1.29 bits per heavy atom. The third-order valence-corrected chi connectivity index (χ3v) is 3.70. The molecule has 0 bridgehead atoms. The fraction of sp³-hybridized carbons (Fsp3) is 0.333. The first-order valence-corrected chi connectivity index (χ1v) is 7.55. The highest BCUT2D eigenvalue weighted by Crippen LogP contribution is 2.23. The standard InChI is InChI=1S/C15H17FN6O2/c16-12-3-1-2-4-13(12)22-8-7-20(15(22)24)9-14(23)18-5-6-21-11-17-10-19-21/h1-4,10-11H,5-9H2,(H,18,23). The van der Waals surface area contributed by atoms with Gasteiger partial charge in [-0.15, -0.1) is 0 Å². The number of nitrogens with one attached hydrogen (secondary N) is 1. The molecule has 1 fully saturated rings. The van der Waals surface area contributed by atoms with E-state index in [1.165, 1.54) is 22.2 Å². The van der Waals surface area contributed by atoms with E-state index in [2.05, 4.69) is 15.4 Å². The lowest BCUT2D eigenvalue weighted by Gasteiger charge is -2.18. The van der Waals surface area contributed by atoms with E-state index in [0.717, 1.165) is 0 Å². The van der Waals surface area contributed by atoms with Crippen molar-refractivity contribution in [1.29, 1.82) is 0 Å². The van der Waals surface area contributed by atoms with Gasteiger partial charge >= 0.3 is 6.03 Å². The number of halogens is 1. The summed E-state index contributed by atoms with van der Waals surface area (Å²) in [5.74, 6) is -0.719. The van der Waals surface area contributed by atoms with Crippen LogP contribution in [0.5, 0.6) is 0 Å². The van der Waals surface area contributed by atoms with Crippen molar-refractivity contribution in [2.45, 2.75) is 6.54 Å². The Balaban J connectivity index is 1.50. The zero-order chi connectivity index (χ0) is 16.9. The molecule has 0 unspecified atom stereocenters. The number of hydrogen-bond donors (Lipinski definition) is 1. The van der Waals surface area contributed by atoms with Gasteiger partial charge < -0.3 is 10.2 Å². The van der Waals surface area contributed by atoms with Crippen LogP contribution >= 0.6 is 0 Å². The summed E-state index contributed by atoms with van der Waals surface area (Å²) in [6, 6.07) is 5.73. The van der Waals surface area contributed by atoms with Gasteiger partial charge in [-0.25, -0.2) is 14.2 Å². The van der Waals surface area contributed by atoms with Gasteiger partial charge in [-0.3, -0.25) is 14.4 Å². The van der Waals surface area contributed by atoms with Crippen molar-refractivity contribution in [3.05, 3.63) is 42.7 Å². The molecule has 1 aliphatic heterocycles. The molecule has 1 N–H and O–H groups in total. The maximum atomic E-state index is 13.8. The Morgan fingerprint density at radius 2 is 2.12 bits per heavy atom. The van der Waals surface area contributed by atoms with Crippen molar-refractivity contribution in [2.75, 3.05) is 31.1 Å². The Labute approximate surface area is 137 Å². The van der Waals surface area contributed by atoms with Crippen molar-refractivity contribution in [1.82, 2.24) is 25.0 Å². The van der Waals surface area contributed by atoms with Crippen molar-refractivity contribution < 1.29 is 14.0 Å². The Morgan fingerprint density at radius 3 is 2.88 bits per heavy atom. The maximum absolute atomic E-state index is 13.8. The van der Waals surface area contributed by atoms with Gasteiger partial charge in [-0.1, -0.05) is 12.1 Å². The van der Waals surface area contributed by atoms with Gasteiger partial charge in [0.1, 0.15) is 25.0 Å². The molecule has 2 aromatic rings. The molecule has 0 atom stereocenters. The number of aromatic nitrogens is 3. The van der Waals surface area contributed by atoms with Crippen molar-refractivity contribution in [3.8, 4) is 0 Å². The quantitative estimate of drug-likeness (QED) is 0.834. The van der Waals surface area contributed by atoms with E-state index in [1.807, 2.05) is 0 Å². The smallest absolute Gasteiger partial charge is 0.325 e. The molecule has 1 aromatic carbocycles. The van der Waals surface area contributed by atoms with E-state index >= 15 is 0 Å². The van der Waals surface area contributed by atoms with Crippen molar-refractivity contribution in [2.24, 2.45) is 0 Å². The van der Waals surface area contributed by atoms with Crippen LogP contribution in [-0.2, 0) is 11.3 Å². The summed E-state index contributed by atoms with van der Waals surface area (Å²) in [5.41, 5.74) is 0.233. The van der Waals surface area contributed by atoms with E-state index < -0.39 is 5.82 Å². The number of anilines is 1. The molecule has 9 heteroatoms. The minimum Gasteiger partial charge on any atom is -0.353 e. The van der Waals surface area contributed by atoms with Gasteiger partial charge in [-0.05, 0) is 12.1 Å². The number of benzene rings is 1. The van der Waals surface area contributed by atoms with Crippen molar-refractivity contribution >= 4 is 17.6 Å². The number of amides is 3. The van der Waals surface area contributed by atoms with Gasteiger partial charge in [-0.2, -0.15) is 5.10 Å². The highest BCUT2D eigenvalue weighted by atomic mass is 19.1. The predicted octanol–water partition coefficient (Wildman–Crippen LogP) is 0.476. The topological polar surface area (TPSA) is 83.4 Å². The predicted molar refractivity (Wildman–Crippen MR) is 83.7 cm³/mol. The molecule has 0 radical (unpaired) electrons. The third kappa shape index (κ3) is 3.50. The molecule has 1 aromatic heterocycles. The summed E-state index contributed by atoms with van der Waals surface area (Å²) in [6.07, 6.45) is 2.98. The number of rotatable bonds is 6. The summed E-state index contributed by atoms with van der Waals surface area (Å²) in [5, 5.41) is 6.65. The van der Waals surface area contributed by atoms with Crippen LogP contribution in [0.3, 0.4) is 0 Å². The molecule has 3 amide bonds. The summed E-state index contributed by atoms with van der Waals surface area (Å²) in [6.45, 7) is 1.57. The molecule has 126 valence electrons. The fourth-order valence-corrected chi connectivity index (χ4v) is 2.51. The SMILES string of the molecule is O=C(CN1CCN(c2ccccc2F)C1=O)NCCn1cncn1. The average molecular weight is 332 g/mol. The van der Waals surface area contributed by atoms with Gasteiger partial charge in [0, 0.05) is 19.6 Å². The van der Waals surface area contributed by atoms with E-state index in [1.54, 1.807) is 29.2 Å². The summed E-state index contributed by atoms with van der Waals surface area (Å²) in [7, 11) is 0. The number of nitrogens with zero attached hydrogens (tertiary/aromatic N) is 5. The third-order valence-electron chi connectivity index (χ3n) is 3.70. The molecule has 2 heterocycles. The minimum atomic E-state index is -0.454. The largest absolute Gasteiger partial charge is 0.353 e. The lowest BCUT2D eigenvalue weighted by Crippen LogP contribution is -2.40. The normalized spacial score (nSPS) is 14.3. The summed E-state index contributed by atoms with van der Waals surface area (Å²) in [4.78, 5) is 30.8. The number of carbonyl (C=O) groups excluding carboxylic acids is 2. The number of urea groups is 1.